The summed E-state index contributed by atoms with van der Waals surface area (Å²) in [6.07, 6.45) is 10.8. The van der Waals surface area contributed by atoms with E-state index in [0.29, 0.717) is 11.8 Å². The first-order valence-electron chi connectivity index (χ1n) is 28.4. The Hall–Kier alpha value is -5.21. The molecule has 8 aromatic rings. The molecule has 4 aliphatic carbocycles. The van der Waals surface area contributed by atoms with Gasteiger partial charge in [0.05, 0.1) is 21.8 Å². The van der Waals surface area contributed by atoms with E-state index in [1.54, 1.807) is 11.1 Å². The summed E-state index contributed by atoms with van der Waals surface area (Å²) in [6.45, 7) is 28.8. The monoisotopic (exact) mass is 1020 g/mol. The van der Waals surface area contributed by atoms with Crippen molar-refractivity contribution in [2.45, 2.75) is 148 Å². The molecular formula is C69H80N2SSi2. The van der Waals surface area contributed by atoms with Crippen molar-refractivity contribution in [1.82, 2.24) is 0 Å². The van der Waals surface area contributed by atoms with Crippen molar-refractivity contribution >= 4 is 92.2 Å². The molecular weight excluding hydrogens is 945 g/mol. The highest BCUT2D eigenvalue weighted by molar-refractivity contribution is 7.26. The summed E-state index contributed by atoms with van der Waals surface area (Å²) in [5.74, 6) is 2.71. The predicted octanol–water partition coefficient (Wildman–Crippen LogP) is 19.6. The van der Waals surface area contributed by atoms with Gasteiger partial charge in [-0.1, -0.05) is 190 Å². The van der Waals surface area contributed by atoms with Crippen LogP contribution in [-0.4, -0.2) is 16.1 Å². The number of hydrogen-bond acceptors (Lipinski definition) is 3. The minimum atomic E-state index is -1.55. The van der Waals surface area contributed by atoms with E-state index in [4.69, 9.17) is 0 Å². The lowest BCUT2D eigenvalue weighted by Crippen LogP contribution is -2.39. The third-order valence-corrected chi connectivity index (χ3v) is 23.9. The third kappa shape index (κ3) is 8.11. The minimum absolute atomic E-state index is 0.0577. The van der Waals surface area contributed by atoms with Crippen molar-refractivity contribution in [3.05, 3.63) is 168 Å². The number of anilines is 6. The Morgan fingerprint density at radius 3 is 1.41 bits per heavy atom. The number of thiophene rings is 1. The van der Waals surface area contributed by atoms with Crippen LogP contribution in [0.3, 0.4) is 0 Å². The molecule has 1 spiro atoms. The van der Waals surface area contributed by atoms with E-state index >= 15 is 0 Å². The highest BCUT2D eigenvalue weighted by Crippen LogP contribution is 2.72. The second kappa shape index (κ2) is 18.0. The van der Waals surface area contributed by atoms with Crippen LogP contribution in [0.4, 0.5) is 34.1 Å². The van der Waals surface area contributed by atoms with E-state index in [9.17, 15) is 0 Å². The fourth-order valence-electron chi connectivity index (χ4n) is 14.9. The first-order chi connectivity index (χ1) is 35.2. The van der Waals surface area contributed by atoms with Gasteiger partial charge < -0.3 is 9.80 Å². The maximum absolute atomic E-state index is 2.81. The maximum Gasteiger partial charge on any atom is 0.0775 e. The van der Waals surface area contributed by atoms with E-state index in [-0.39, 0.29) is 16.2 Å². The summed E-state index contributed by atoms with van der Waals surface area (Å²) >= 11 is 2.05. The number of nitrogens with zero attached hydrogens (tertiary/aromatic N) is 2. The summed E-state index contributed by atoms with van der Waals surface area (Å²) in [6, 6.07) is 58.6. The van der Waals surface area contributed by atoms with Crippen LogP contribution in [-0.2, 0) is 16.2 Å². The summed E-state index contributed by atoms with van der Waals surface area (Å²) in [7, 11) is -3.06. The molecule has 3 fully saturated rings. The van der Waals surface area contributed by atoms with Gasteiger partial charge in [-0.05, 0) is 161 Å². The van der Waals surface area contributed by atoms with Crippen LogP contribution < -0.4 is 20.2 Å². The molecule has 0 aliphatic heterocycles. The molecule has 1 heterocycles. The van der Waals surface area contributed by atoms with Gasteiger partial charge >= 0.3 is 0 Å². The van der Waals surface area contributed by atoms with Gasteiger partial charge in [-0.15, -0.1) is 11.3 Å². The Morgan fingerprint density at radius 1 is 0.473 bits per heavy atom. The van der Waals surface area contributed by atoms with Crippen LogP contribution in [0.25, 0.3) is 31.3 Å². The van der Waals surface area contributed by atoms with Crippen LogP contribution in [0.2, 0.25) is 39.3 Å². The van der Waals surface area contributed by atoms with Gasteiger partial charge in [-0.25, -0.2) is 0 Å². The average molecular weight is 1030 g/mol. The topological polar surface area (TPSA) is 6.48 Å². The Bertz CT molecular complexity index is 3250. The van der Waals surface area contributed by atoms with Gasteiger partial charge in [0.15, 0.2) is 0 Å². The summed E-state index contributed by atoms with van der Waals surface area (Å²) in [4.78, 5) is 5.26. The van der Waals surface area contributed by atoms with E-state index in [1.807, 2.05) is 11.3 Å². The Morgan fingerprint density at radius 2 is 0.919 bits per heavy atom. The highest BCUT2D eigenvalue weighted by atomic mass is 32.1. The molecule has 380 valence electrons. The Labute approximate surface area is 450 Å². The lowest BCUT2D eigenvalue weighted by Gasteiger charge is -2.43. The van der Waals surface area contributed by atoms with Crippen molar-refractivity contribution in [3.63, 3.8) is 0 Å². The molecule has 0 amide bonds. The third-order valence-electron chi connectivity index (χ3n) is 18.6. The van der Waals surface area contributed by atoms with Crippen LogP contribution >= 0.6 is 11.3 Å². The summed E-state index contributed by atoms with van der Waals surface area (Å²) < 4.78 is 2.83. The molecule has 0 radical (unpaired) electrons. The van der Waals surface area contributed by atoms with Crippen molar-refractivity contribution in [2.24, 2.45) is 23.7 Å². The van der Waals surface area contributed by atoms with Crippen molar-refractivity contribution in [2.75, 3.05) is 9.80 Å². The van der Waals surface area contributed by atoms with Gasteiger partial charge in [-0.2, -0.15) is 0 Å². The average Bonchev–Trinajstić information content (AvgIpc) is 4.03. The molecule has 4 aliphatic rings. The molecule has 2 nitrogen and oxygen atoms in total. The van der Waals surface area contributed by atoms with E-state index in [0.717, 1.165) is 11.8 Å². The van der Waals surface area contributed by atoms with Crippen LogP contribution in [0.5, 0.6) is 0 Å². The van der Waals surface area contributed by atoms with Crippen molar-refractivity contribution < 1.29 is 0 Å². The van der Waals surface area contributed by atoms with Crippen molar-refractivity contribution in [1.29, 1.82) is 0 Å². The molecule has 4 atom stereocenters. The van der Waals surface area contributed by atoms with E-state index in [1.165, 1.54) is 138 Å². The zero-order chi connectivity index (χ0) is 51.7. The molecule has 4 unspecified atom stereocenters. The number of fused-ring (bicyclic) bond motifs is 14. The molecule has 0 bridgehead atoms. The summed E-state index contributed by atoms with van der Waals surface area (Å²) in [5.41, 5.74) is 16.6. The largest absolute Gasteiger partial charge is 0.310 e. The lowest BCUT2D eigenvalue weighted by atomic mass is 9.60. The molecule has 5 heteroatoms. The molecule has 1 aromatic heterocycles. The second-order valence-corrected chi connectivity index (χ2v) is 38.4. The predicted molar refractivity (Wildman–Crippen MR) is 329 cm³/mol. The minimum Gasteiger partial charge on any atom is -0.310 e. The van der Waals surface area contributed by atoms with E-state index in [2.05, 4.69) is 236 Å². The fourth-order valence-corrected chi connectivity index (χ4v) is 18.5. The number of benzene rings is 7. The smallest absolute Gasteiger partial charge is 0.0775 e. The summed E-state index contributed by atoms with van der Waals surface area (Å²) in [5, 5.41) is 5.76. The first kappa shape index (κ1) is 49.7. The number of hydrogen-bond donors (Lipinski definition) is 0. The van der Waals surface area contributed by atoms with Crippen LogP contribution in [0.1, 0.15) is 115 Å². The van der Waals surface area contributed by atoms with Crippen molar-refractivity contribution in [3.8, 4) is 11.1 Å². The van der Waals surface area contributed by atoms with Gasteiger partial charge in [0.2, 0.25) is 0 Å². The molecule has 3 saturated carbocycles. The Balaban J connectivity index is 1.16. The maximum atomic E-state index is 2.81. The molecule has 12 rings (SSSR count). The van der Waals surface area contributed by atoms with Crippen LogP contribution in [0, 0.1) is 23.7 Å². The SMILES string of the molecule is CC(C)(C)c1ccc(N(c2ccc([Si](C)(C)C)cc2)c2ccc3c(c2)C2(c4cc(N(c5ccc(C(C)(C)C)cc5)c5ccc([Si](C)(C)C)cc5)c5c(sc6ccccc65)c4-3)C3CCCCC3C3CCCCC32)cc1. The van der Waals surface area contributed by atoms with Gasteiger partial charge in [0, 0.05) is 59.6 Å². The van der Waals surface area contributed by atoms with Gasteiger partial charge in [0.25, 0.3) is 0 Å². The second-order valence-electron chi connectivity index (χ2n) is 27.2. The molecule has 74 heavy (non-hydrogen) atoms. The molecule has 0 N–H and O–H groups in total. The quantitative estimate of drug-likeness (QED) is 0.140. The molecule has 0 saturated heterocycles. The zero-order valence-electron chi connectivity index (χ0n) is 46.6. The fraction of sp³-hybridized carbons (Fsp3) is 0.391. The Kier molecular flexibility index (Phi) is 12.0. The zero-order valence-corrected chi connectivity index (χ0v) is 49.4. The van der Waals surface area contributed by atoms with Crippen LogP contribution in [0.15, 0.2) is 146 Å². The molecule has 7 aromatic carbocycles. The number of rotatable bonds is 8. The van der Waals surface area contributed by atoms with Gasteiger partial charge in [-0.3, -0.25) is 0 Å². The highest BCUT2D eigenvalue weighted by Gasteiger charge is 2.65. The van der Waals surface area contributed by atoms with E-state index < -0.39 is 16.1 Å². The first-order valence-corrected chi connectivity index (χ1v) is 36.2. The van der Waals surface area contributed by atoms with Gasteiger partial charge in [0.1, 0.15) is 0 Å². The standard InChI is InChI=1S/C69H80N2SSi2/c1-67(2,3)45-25-29-47(30-26-45)70(48-33-38-52(39-34-48)73(7,8)9)51-37-42-56-60(43-51)69(58-22-16-13-19-54(58)55-20-14-17-23-59(55)69)61-44-62(65-57-21-15-18-24-63(57)72-66(65)64(56)61)71(49-31-27-46(28-32-49)68(4,5)6)50-35-40-53(41-36-50)74(10,11)12/h15,18,21,24-44,54-55,58-59H,13-14,16-17,19-20,22-23H2,1-12H3. The normalized spacial score (nSPS) is 21.7. The lowest BCUT2D eigenvalue weighted by molar-refractivity contribution is 0.184.